The first-order valence-corrected chi connectivity index (χ1v) is 13.0. The van der Waals surface area contributed by atoms with Gasteiger partial charge >= 0.3 is 0 Å². The summed E-state index contributed by atoms with van der Waals surface area (Å²) < 4.78 is 40.3. The van der Waals surface area contributed by atoms with Crippen molar-refractivity contribution in [1.29, 1.82) is 0 Å². The van der Waals surface area contributed by atoms with E-state index in [1.54, 1.807) is 66.9 Å². The summed E-state index contributed by atoms with van der Waals surface area (Å²) in [5, 5.41) is 0.613. The van der Waals surface area contributed by atoms with Crippen LogP contribution < -0.4 is 9.04 Å². The van der Waals surface area contributed by atoms with Gasteiger partial charge in [0, 0.05) is 37.4 Å². The predicted molar refractivity (Wildman–Crippen MR) is 132 cm³/mol. The molecule has 0 spiro atoms. The van der Waals surface area contributed by atoms with Gasteiger partial charge in [-0.05, 0) is 76.6 Å². The summed E-state index contributed by atoms with van der Waals surface area (Å²) in [5.74, 6) is 1.14. The quantitative estimate of drug-likeness (QED) is 0.373. The van der Waals surface area contributed by atoms with Gasteiger partial charge in [0.2, 0.25) is 0 Å². The number of morpholine rings is 1. The van der Waals surface area contributed by atoms with E-state index in [-0.39, 0.29) is 11.4 Å². The highest BCUT2D eigenvalue weighted by molar-refractivity contribution is 9.10. The third-order valence-corrected chi connectivity index (χ3v) is 7.88. The molecule has 0 N–H and O–H groups in total. The molecule has 0 radical (unpaired) electrons. The first-order chi connectivity index (χ1) is 15.9. The summed E-state index contributed by atoms with van der Waals surface area (Å²) in [4.78, 5) is 6.58. The van der Waals surface area contributed by atoms with Crippen LogP contribution in [0.15, 0.2) is 76.4 Å². The van der Waals surface area contributed by atoms with Crippen LogP contribution in [0.3, 0.4) is 0 Å². The van der Waals surface area contributed by atoms with Gasteiger partial charge in [0.05, 0.1) is 23.8 Å². The maximum Gasteiger partial charge on any atom is 0.264 e. The fourth-order valence-electron chi connectivity index (χ4n) is 3.44. The lowest BCUT2D eigenvalue weighted by Gasteiger charge is -2.31. The lowest BCUT2D eigenvalue weighted by Crippen LogP contribution is -2.43. The second-order valence-corrected chi connectivity index (χ2v) is 10.4. The second kappa shape index (κ2) is 10.8. The molecule has 174 valence electrons. The van der Waals surface area contributed by atoms with Gasteiger partial charge in [0.15, 0.2) is 0 Å². The summed E-state index contributed by atoms with van der Waals surface area (Å²) in [6.07, 6.45) is 1.61. The van der Waals surface area contributed by atoms with Gasteiger partial charge < -0.3 is 9.47 Å². The Hall–Kier alpha value is -2.17. The van der Waals surface area contributed by atoms with E-state index in [0.717, 1.165) is 13.1 Å². The number of aromatic nitrogens is 1. The standard InChI is InChI=1S/C23H23BrClN3O4S/c24-23-22(2-1-11-26-23)28(13-12-27-14-16-31-17-15-27)33(29,30)21-9-7-20(8-10-21)32-19-5-3-18(25)4-6-19/h1-11H,12-17H2. The highest BCUT2D eigenvalue weighted by atomic mass is 79.9. The number of rotatable bonds is 8. The van der Waals surface area contributed by atoms with Crippen molar-refractivity contribution >= 4 is 43.2 Å². The molecular weight excluding hydrogens is 530 g/mol. The highest BCUT2D eigenvalue weighted by Gasteiger charge is 2.27. The van der Waals surface area contributed by atoms with Crippen LogP contribution >= 0.6 is 27.5 Å². The molecule has 1 fully saturated rings. The number of nitrogens with zero attached hydrogens (tertiary/aromatic N) is 3. The Labute approximate surface area is 207 Å². The zero-order valence-electron chi connectivity index (χ0n) is 17.7. The zero-order chi connectivity index (χ0) is 23.3. The van der Waals surface area contributed by atoms with Gasteiger partial charge in [-0.15, -0.1) is 0 Å². The predicted octanol–water partition coefficient (Wildman–Crippen LogP) is 4.82. The first kappa shape index (κ1) is 24.0. The molecule has 1 aliphatic rings. The molecule has 0 unspecified atom stereocenters. The van der Waals surface area contributed by atoms with E-state index in [9.17, 15) is 8.42 Å². The van der Waals surface area contributed by atoms with Crippen LogP contribution in [0.4, 0.5) is 5.69 Å². The van der Waals surface area contributed by atoms with Crippen LogP contribution in [0.5, 0.6) is 11.5 Å². The molecule has 4 rings (SSSR count). The van der Waals surface area contributed by atoms with Crippen LogP contribution in [-0.2, 0) is 14.8 Å². The van der Waals surface area contributed by atoms with Gasteiger partial charge in [-0.1, -0.05) is 11.6 Å². The van der Waals surface area contributed by atoms with Crippen LogP contribution in [0.1, 0.15) is 0 Å². The third kappa shape index (κ3) is 6.04. The van der Waals surface area contributed by atoms with Crippen molar-refractivity contribution < 1.29 is 17.9 Å². The Morgan fingerprint density at radius 1 is 1.03 bits per heavy atom. The van der Waals surface area contributed by atoms with Crippen molar-refractivity contribution in [2.75, 3.05) is 43.7 Å². The second-order valence-electron chi connectivity index (χ2n) is 7.37. The van der Waals surface area contributed by atoms with E-state index < -0.39 is 10.0 Å². The molecule has 1 aromatic heterocycles. The number of anilines is 1. The number of benzene rings is 2. The number of sulfonamides is 1. The van der Waals surface area contributed by atoms with E-state index in [2.05, 4.69) is 25.8 Å². The molecule has 2 heterocycles. The van der Waals surface area contributed by atoms with Crippen molar-refractivity contribution in [3.8, 4) is 11.5 Å². The highest BCUT2D eigenvalue weighted by Crippen LogP contribution is 2.30. The van der Waals surface area contributed by atoms with Crippen molar-refractivity contribution in [3.63, 3.8) is 0 Å². The van der Waals surface area contributed by atoms with Crippen LogP contribution in [-0.4, -0.2) is 57.7 Å². The Balaban J connectivity index is 1.57. The summed E-state index contributed by atoms with van der Waals surface area (Å²) >= 11 is 9.31. The largest absolute Gasteiger partial charge is 0.457 e. The Bertz CT molecular complexity index is 1170. The molecule has 10 heteroatoms. The molecule has 1 saturated heterocycles. The van der Waals surface area contributed by atoms with E-state index in [1.807, 2.05) is 0 Å². The van der Waals surface area contributed by atoms with Gasteiger partial charge in [-0.3, -0.25) is 9.21 Å². The van der Waals surface area contributed by atoms with E-state index >= 15 is 0 Å². The molecule has 1 aliphatic heterocycles. The van der Waals surface area contributed by atoms with Crippen molar-refractivity contribution in [3.05, 3.63) is 76.5 Å². The SMILES string of the molecule is O=S(=O)(c1ccc(Oc2ccc(Cl)cc2)cc1)N(CCN1CCOCC1)c1cccnc1Br. The van der Waals surface area contributed by atoms with E-state index in [1.165, 1.54) is 4.31 Å². The Morgan fingerprint density at radius 2 is 1.67 bits per heavy atom. The summed E-state index contributed by atoms with van der Waals surface area (Å²) in [6, 6.07) is 16.8. The maximum absolute atomic E-state index is 13.6. The van der Waals surface area contributed by atoms with Gasteiger partial charge in [-0.2, -0.15) is 0 Å². The Morgan fingerprint density at radius 3 is 2.30 bits per heavy atom. The average Bonchev–Trinajstić information content (AvgIpc) is 2.83. The number of halogens is 2. The normalized spacial score (nSPS) is 14.7. The molecular formula is C23H23BrClN3O4S. The number of hydrogen-bond acceptors (Lipinski definition) is 6. The summed E-state index contributed by atoms with van der Waals surface area (Å²) in [6.45, 7) is 3.73. The molecule has 33 heavy (non-hydrogen) atoms. The molecule has 3 aromatic rings. The minimum absolute atomic E-state index is 0.170. The smallest absolute Gasteiger partial charge is 0.264 e. The molecule has 0 aliphatic carbocycles. The van der Waals surface area contributed by atoms with Crippen LogP contribution in [0, 0.1) is 0 Å². The monoisotopic (exact) mass is 551 g/mol. The molecule has 2 aromatic carbocycles. The molecule has 0 amide bonds. The summed E-state index contributed by atoms with van der Waals surface area (Å²) in [5.41, 5.74) is 0.493. The van der Waals surface area contributed by atoms with E-state index in [4.69, 9.17) is 21.1 Å². The lowest BCUT2D eigenvalue weighted by atomic mass is 10.3. The first-order valence-electron chi connectivity index (χ1n) is 10.4. The molecule has 0 saturated carbocycles. The zero-order valence-corrected chi connectivity index (χ0v) is 20.9. The van der Waals surface area contributed by atoms with E-state index in [0.29, 0.717) is 46.6 Å². The number of hydrogen-bond donors (Lipinski definition) is 0. The topological polar surface area (TPSA) is 72.0 Å². The molecule has 0 atom stereocenters. The Kier molecular flexibility index (Phi) is 7.87. The third-order valence-electron chi connectivity index (χ3n) is 5.19. The minimum Gasteiger partial charge on any atom is -0.457 e. The minimum atomic E-state index is -3.84. The van der Waals surface area contributed by atoms with Crippen molar-refractivity contribution in [2.45, 2.75) is 4.90 Å². The van der Waals surface area contributed by atoms with Crippen molar-refractivity contribution in [1.82, 2.24) is 9.88 Å². The number of ether oxygens (including phenoxy) is 2. The maximum atomic E-state index is 13.6. The van der Waals surface area contributed by atoms with Gasteiger partial charge in [0.25, 0.3) is 10.0 Å². The molecule has 0 bridgehead atoms. The lowest BCUT2D eigenvalue weighted by molar-refractivity contribution is 0.0395. The summed E-state index contributed by atoms with van der Waals surface area (Å²) in [7, 11) is -3.84. The van der Waals surface area contributed by atoms with Crippen LogP contribution in [0.25, 0.3) is 0 Å². The van der Waals surface area contributed by atoms with Crippen molar-refractivity contribution in [2.24, 2.45) is 0 Å². The van der Waals surface area contributed by atoms with Gasteiger partial charge in [-0.25, -0.2) is 13.4 Å². The fraction of sp³-hybridized carbons (Fsp3) is 0.261. The number of pyridine rings is 1. The fourth-order valence-corrected chi connectivity index (χ4v) is 5.61. The molecule has 7 nitrogen and oxygen atoms in total. The van der Waals surface area contributed by atoms with Crippen LogP contribution in [0.2, 0.25) is 5.02 Å². The average molecular weight is 553 g/mol. The van der Waals surface area contributed by atoms with Gasteiger partial charge in [0.1, 0.15) is 16.1 Å².